The average molecular weight is 188 g/mol. The molecule has 0 radical (unpaired) electrons. The predicted molar refractivity (Wildman–Crippen MR) is 49.4 cm³/mol. The van der Waals surface area contributed by atoms with E-state index in [1.165, 1.54) is 0 Å². The standard InChI is InChI=1S/C6H12O2.C3H4O2/c1-3-5-6(7)8-4-2;1-2-3(4)5/h3-5H2,1-2H3;2H,1H2,(H,4,5). The fourth-order valence-corrected chi connectivity index (χ4v) is 0.437. The normalized spacial score (nSPS) is 7.85. The molecular formula is C9H16O4. The molecule has 13 heavy (non-hydrogen) atoms. The van der Waals surface area contributed by atoms with Crippen LogP contribution < -0.4 is 0 Å². The number of hydrogen-bond acceptors (Lipinski definition) is 3. The maximum absolute atomic E-state index is 10.4. The quantitative estimate of drug-likeness (QED) is 0.537. The monoisotopic (exact) mass is 188 g/mol. The van der Waals surface area contributed by atoms with Crippen LogP contribution in [0.25, 0.3) is 0 Å². The van der Waals surface area contributed by atoms with Gasteiger partial charge in [0.25, 0.3) is 0 Å². The Morgan fingerprint density at radius 3 is 2.15 bits per heavy atom. The van der Waals surface area contributed by atoms with Crippen molar-refractivity contribution in [3.05, 3.63) is 12.7 Å². The summed E-state index contributed by atoms with van der Waals surface area (Å²) in [6.07, 6.45) is 2.26. The molecule has 4 nitrogen and oxygen atoms in total. The van der Waals surface area contributed by atoms with Crippen molar-refractivity contribution in [1.29, 1.82) is 0 Å². The number of rotatable bonds is 4. The van der Waals surface area contributed by atoms with Gasteiger partial charge in [0.05, 0.1) is 6.61 Å². The lowest BCUT2D eigenvalue weighted by Gasteiger charge is -1.96. The van der Waals surface area contributed by atoms with Crippen molar-refractivity contribution >= 4 is 11.9 Å². The van der Waals surface area contributed by atoms with Gasteiger partial charge in [-0.3, -0.25) is 4.79 Å². The van der Waals surface area contributed by atoms with Crippen LogP contribution in [0.5, 0.6) is 0 Å². The first-order chi connectivity index (χ1) is 6.08. The van der Waals surface area contributed by atoms with Crippen LogP contribution in [0.1, 0.15) is 26.7 Å². The smallest absolute Gasteiger partial charge is 0.327 e. The third-order valence-electron chi connectivity index (χ3n) is 0.934. The Kier molecular flexibility index (Phi) is 11.7. The van der Waals surface area contributed by atoms with Crippen molar-refractivity contribution in [2.75, 3.05) is 6.61 Å². The summed E-state index contributed by atoms with van der Waals surface area (Å²) in [6.45, 7) is 7.23. The molecule has 0 rings (SSSR count). The molecule has 0 aliphatic carbocycles. The van der Waals surface area contributed by atoms with Crippen molar-refractivity contribution in [3.8, 4) is 0 Å². The van der Waals surface area contributed by atoms with Gasteiger partial charge in [0.15, 0.2) is 0 Å². The summed E-state index contributed by atoms with van der Waals surface area (Å²) in [4.78, 5) is 19.7. The molecule has 0 unspecified atom stereocenters. The maximum Gasteiger partial charge on any atom is 0.327 e. The minimum atomic E-state index is -0.981. The number of aliphatic carboxylic acids is 1. The topological polar surface area (TPSA) is 63.6 Å². The van der Waals surface area contributed by atoms with E-state index >= 15 is 0 Å². The number of hydrogen-bond donors (Lipinski definition) is 1. The molecule has 0 aromatic carbocycles. The zero-order valence-corrected chi connectivity index (χ0v) is 8.08. The maximum atomic E-state index is 10.4. The molecule has 0 spiro atoms. The van der Waals surface area contributed by atoms with Crippen molar-refractivity contribution in [2.24, 2.45) is 0 Å². The summed E-state index contributed by atoms with van der Waals surface area (Å²) in [6, 6.07) is 0. The van der Waals surface area contributed by atoms with E-state index in [4.69, 9.17) is 5.11 Å². The van der Waals surface area contributed by atoms with Crippen LogP contribution in [0, 0.1) is 0 Å². The molecule has 0 aromatic rings. The Bertz CT molecular complexity index is 155. The van der Waals surface area contributed by atoms with E-state index in [-0.39, 0.29) is 5.97 Å². The summed E-state index contributed by atoms with van der Waals surface area (Å²) in [5, 5.41) is 7.60. The highest BCUT2D eigenvalue weighted by molar-refractivity contribution is 5.78. The highest BCUT2D eigenvalue weighted by Gasteiger charge is 1.95. The highest BCUT2D eigenvalue weighted by atomic mass is 16.5. The number of carbonyl (C=O) groups is 2. The Morgan fingerprint density at radius 1 is 1.46 bits per heavy atom. The van der Waals surface area contributed by atoms with E-state index in [1.54, 1.807) is 0 Å². The van der Waals surface area contributed by atoms with Crippen molar-refractivity contribution in [1.82, 2.24) is 0 Å². The molecule has 0 saturated heterocycles. The molecule has 1 N–H and O–H groups in total. The van der Waals surface area contributed by atoms with Crippen LogP contribution >= 0.6 is 0 Å². The summed E-state index contributed by atoms with van der Waals surface area (Å²) < 4.78 is 4.64. The van der Waals surface area contributed by atoms with Gasteiger partial charge in [-0.2, -0.15) is 0 Å². The Balaban J connectivity index is 0. The molecule has 4 heteroatoms. The SMILES string of the molecule is C=CC(=O)O.CCCC(=O)OCC. The van der Waals surface area contributed by atoms with E-state index in [0.717, 1.165) is 12.5 Å². The number of carboxylic acids is 1. The van der Waals surface area contributed by atoms with Crippen LogP contribution in [0.15, 0.2) is 12.7 Å². The molecule has 0 atom stereocenters. The zero-order chi connectivity index (χ0) is 10.7. The lowest BCUT2D eigenvalue weighted by molar-refractivity contribution is -0.143. The van der Waals surface area contributed by atoms with E-state index in [1.807, 2.05) is 13.8 Å². The van der Waals surface area contributed by atoms with E-state index in [2.05, 4.69) is 11.3 Å². The molecule has 0 aliphatic rings. The van der Waals surface area contributed by atoms with Gasteiger partial charge in [-0.25, -0.2) is 4.79 Å². The van der Waals surface area contributed by atoms with Crippen molar-refractivity contribution in [2.45, 2.75) is 26.7 Å². The summed E-state index contributed by atoms with van der Waals surface area (Å²) in [5.74, 6) is -1.07. The van der Waals surface area contributed by atoms with E-state index in [0.29, 0.717) is 13.0 Å². The molecule has 0 bridgehead atoms. The first-order valence-corrected chi connectivity index (χ1v) is 4.09. The minimum absolute atomic E-state index is 0.0880. The fraction of sp³-hybridized carbons (Fsp3) is 0.556. The van der Waals surface area contributed by atoms with Crippen LogP contribution in [-0.4, -0.2) is 23.7 Å². The number of ether oxygens (including phenoxy) is 1. The first kappa shape index (κ1) is 14.2. The average Bonchev–Trinajstić information content (AvgIpc) is 2.06. The molecule has 0 amide bonds. The largest absolute Gasteiger partial charge is 0.478 e. The van der Waals surface area contributed by atoms with E-state index in [9.17, 15) is 9.59 Å². The second-order valence-corrected chi connectivity index (χ2v) is 2.10. The minimum Gasteiger partial charge on any atom is -0.478 e. The van der Waals surface area contributed by atoms with Gasteiger partial charge in [-0.1, -0.05) is 13.5 Å². The lowest BCUT2D eigenvalue weighted by atomic mass is 10.3. The molecular weight excluding hydrogens is 172 g/mol. The Labute approximate surface area is 78.2 Å². The molecule has 0 aromatic heterocycles. The van der Waals surface area contributed by atoms with Gasteiger partial charge in [-0.15, -0.1) is 0 Å². The molecule has 76 valence electrons. The summed E-state index contributed by atoms with van der Waals surface area (Å²) in [5.41, 5.74) is 0. The number of carbonyl (C=O) groups excluding carboxylic acids is 1. The van der Waals surface area contributed by atoms with E-state index < -0.39 is 5.97 Å². The molecule has 0 heterocycles. The zero-order valence-electron chi connectivity index (χ0n) is 8.08. The number of carboxylic acid groups (broad SMARTS) is 1. The first-order valence-electron chi connectivity index (χ1n) is 4.09. The second kappa shape index (κ2) is 10.7. The third kappa shape index (κ3) is 18.0. The van der Waals surface area contributed by atoms with Crippen LogP contribution in [0.3, 0.4) is 0 Å². The molecule has 0 fully saturated rings. The molecule has 0 aliphatic heterocycles. The Morgan fingerprint density at radius 2 is 1.92 bits per heavy atom. The second-order valence-electron chi connectivity index (χ2n) is 2.10. The lowest BCUT2D eigenvalue weighted by Crippen LogP contribution is -2.01. The van der Waals surface area contributed by atoms with Crippen molar-refractivity contribution < 1.29 is 19.4 Å². The van der Waals surface area contributed by atoms with Gasteiger partial charge in [0, 0.05) is 12.5 Å². The van der Waals surface area contributed by atoms with Gasteiger partial charge in [-0.05, 0) is 13.3 Å². The Hall–Kier alpha value is -1.32. The number of esters is 1. The van der Waals surface area contributed by atoms with Crippen LogP contribution in [0.4, 0.5) is 0 Å². The summed E-state index contributed by atoms with van der Waals surface area (Å²) >= 11 is 0. The third-order valence-corrected chi connectivity index (χ3v) is 0.934. The summed E-state index contributed by atoms with van der Waals surface area (Å²) in [7, 11) is 0. The fourth-order valence-electron chi connectivity index (χ4n) is 0.437. The van der Waals surface area contributed by atoms with Gasteiger partial charge < -0.3 is 9.84 Å². The van der Waals surface area contributed by atoms with Crippen molar-refractivity contribution in [3.63, 3.8) is 0 Å². The van der Waals surface area contributed by atoms with Gasteiger partial charge in [0.1, 0.15) is 0 Å². The van der Waals surface area contributed by atoms with Crippen LogP contribution in [0.2, 0.25) is 0 Å². The highest BCUT2D eigenvalue weighted by Crippen LogP contribution is 1.89. The van der Waals surface area contributed by atoms with Crippen LogP contribution in [-0.2, 0) is 14.3 Å². The molecule has 0 saturated carbocycles. The van der Waals surface area contributed by atoms with Gasteiger partial charge >= 0.3 is 11.9 Å². The predicted octanol–water partition coefficient (Wildman–Crippen LogP) is 1.61. The van der Waals surface area contributed by atoms with Gasteiger partial charge in [0.2, 0.25) is 0 Å².